The summed E-state index contributed by atoms with van der Waals surface area (Å²) in [4.78, 5) is 11.3. The number of carbonyl (C=O) groups excluding carboxylic acids is 1. The number of aryl methyl sites for hydroxylation is 2. The van der Waals surface area contributed by atoms with Crippen molar-refractivity contribution in [1.29, 1.82) is 0 Å². The van der Waals surface area contributed by atoms with Crippen LogP contribution >= 0.6 is 0 Å². The van der Waals surface area contributed by atoms with Crippen molar-refractivity contribution in [2.75, 3.05) is 12.4 Å². The van der Waals surface area contributed by atoms with Crippen molar-refractivity contribution in [2.45, 2.75) is 20.4 Å². The number of halogens is 1. The Balaban J connectivity index is 2.10. The molecular formula is C17H18FNO2. The highest BCUT2D eigenvalue weighted by atomic mass is 19.1. The molecule has 21 heavy (non-hydrogen) atoms. The number of esters is 1. The van der Waals surface area contributed by atoms with Gasteiger partial charge in [-0.3, -0.25) is 0 Å². The average Bonchev–Trinajstić information content (AvgIpc) is 2.43. The second-order valence-corrected chi connectivity index (χ2v) is 5.04. The second-order valence-electron chi connectivity index (χ2n) is 5.04. The van der Waals surface area contributed by atoms with E-state index in [9.17, 15) is 9.18 Å². The molecule has 1 N–H and O–H groups in total. The number of hydrogen-bond donors (Lipinski definition) is 1. The second kappa shape index (κ2) is 6.39. The maximum atomic E-state index is 13.8. The first-order valence-corrected chi connectivity index (χ1v) is 6.68. The third kappa shape index (κ3) is 3.81. The van der Waals surface area contributed by atoms with Gasteiger partial charge in [0.25, 0.3) is 0 Å². The summed E-state index contributed by atoms with van der Waals surface area (Å²) in [5.41, 5.74) is 4.05. The smallest absolute Gasteiger partial charge is 0.340 e. The maximum Gasteiger partial charge on any atom is 0.340 e. The molecule has 0 spiro atoms. The molecular weight excluding hydrogens is 269 g/mol. The molecule has 0 aliphatic heterocycles. The average molecular weight is 287 g/mol. The molecule has 2 aromatic rings. The highest BCUT2D eigenvalue weighted by molar-refractivity contribution is 5.89. The lowest BCUT2D eigenvalue weighted by Gasteiger charge is -2.10. The first kappa shape index (κ1) is 15.0. The Hall–Kier alpha value is -2.36. The summed E-state index contributed by atoms with van der Waals surface area (Å²) in [5.74, 6) is -1.23. The molecule has 2 rings (SSSR count). The number of methoxy groups -OCH3 is 1. The Bertz CT molecular complexity index is 648. The highest BCUT2D eigenvalue weighted by Gasteiger charge is 2.12. The van der Waals surface area contributed by atoms with Gasteiger partial charge < -0.3 is 10.1 Å². The van der Waals surface area contributed by atoms with Crippen LogP contribution in [0.5, 0.6) is 0 Å². The van der Waals surface area contributed by atoms with Gasteiger partial charge in [-0.1, -0.05) is 12.1 Å². The maximum absolute atomic E-state index is 13.8. The standard InChI is InChI=1S/C17H18FNO2/c1-11-6-12(2)8-14(7-11)19-10-13-4-5-15(16(18)9-13)17(20)21-3/h4-9,19H,10H2,1-3H3. The predicted octanol–water partition coefficient (Wildman–Crippen LogP) is 3.84. The van der Waals surface area contributed by atoms with Crippen LogP contribution in [0.25, 0.3) is 0 Å². The van der Waals surface area contributed by atoms with Crippen molar-refractivity contribution in [3.8, 4) is 0 Å². The summed E-state index contributed by atoms with van der Waals surface area (Å²) < 4.78 is 18.3. The van der Waals surface area contributed by atoms with Crippen molar-refractivity contribution in [3.05, 3.63) is 64.5 Å². The van der Waals surface area contributed by atoms with E-state index < -0.39 is 11.8 Å². The molecule has 0 aliphatic carbocycles. The van der Waals surface area contributed by atoms with Crippen LogP contribution in [-0.2, 0) is 11.3 Å². The SMILES string of the molecule is COC(=O)c1ccc(CNc2cc(C)cc(C)c2)cc1F. The quantitative estimate of drug-likeness (QED) is 0.868. The number of benzene rings is 2. The minimum atomic E-state index is -0.665. The van der Waals surface area contributed by atoms with E-state index in [1.165, 1.54) is 30.4 Å². The fourth-order valence-electron chi connectivity index (χ4n) is 2.22. The molecule has 0 radical (unpaired) electrons. The van der Waals surface area contributed by atoms with Crippen molar-refractivity contribution in [1.82, 2.24) is 0 Å². The van der Waals surface area contributed by atoms with E-state index >= 15 is 0 Å². The summed E-state index contributed by atoms with van der Waals surface area (Å²) in [7, 11) is 1.23. The number of ether oxygens (including phenoxy) is 1. The van der Waals surface area contributed by atoms with E-state index in [2.05, 4.69) is 16.1 Å². The summed E-state index contributed by atoms with van der Waals surface area (Å²) >= 11 is 0. The molecule has 0 amide bonds. The van der Waals surface area contributed by atoms with Crippen LogP contribution < -0.4 is 5.32 Å². The molecule has 2 aromatic carbocycles. The van der Waals surface area contributed by atoms with Crippen LogP contribution in [0, 0.1) is 19.7 Å². The van der Waals surface area contributed by atoms with Crippen LogP contribution in [0.2, 0.25) is 0 Å². The van der Waals surface area contributed by atoms with Crippen LogP contribution in [-0.4, -0.2) is 13.1 Å². The van der Waals surface area contributed by atoms with Gasteiger partial charge in [-0.2, -0.15) is 0 Å². The molecule has 0 unspecified atom stereocenters. The van der Waals surface area contributed by atoms with Crippen LogP contribution in [0.3, 0.4) is 0 Å². The Morgan fingerprint density at radius 1 is 1.14 bits per heavy atom. The number of rotatable bonds is 4. The summed E-state index contributed by atoms with van der Waals surface area (Å²) in [6.45, 7) is 4.55. The molecule has 0 fully saturated rings. The third-order valence-electron chi connectivity index (χ3n) is 3.16. The molecule has 0 heterocycles. The van der Waals surface area contributed by atoms with Crippen molar-refractivity contribution < 1.29 is 13.9 Å². The predicted molar refractivity (Wildman–Crippen MR) is 81.0 cm³/mol. The van der Waals surface area contributed by atoms with Crippen molar-refractivity contribution >= 4 is 11.7 Å². The zero-order chi connectivity index (χ0) is 15.4. The molecule has 0 saturated heterocycles. The van der Waals surface area contributed by atoms with E-state index in [0.717, 1.165) is 11.3 Å². The minimum absolute atomic E-state index is 0.0485. The topological polar surface area (TPSA) is 38.3 Å². The summed E-state index contributed by atoms with van der Waals surface area (Å²) in [6.07, 6.45) is 0. The van der Waals surface area contributed by atoms with Crippen molar-refractivity contribution in [3.63, 3.8) is 0 Å². The molecule has 4 heteroatoms. The van der Waals surface area contributed by atoms with Gasteiger partial charge in [-0.05, 0) is 54.8 Å². The van der Waals surface area contributed by atoms with Gasteiger partial charge in [0.05, 0.1) is 12.7 Å². The molecule has 0 aromatic heterocycles. The van der Waals surface area contributed by atoms with Crippen molar-refractivity contribution in [2.24, 2.45) is 0 Å². The lowest BCUT2D eigenvalue weighted by Crippen LogP contribution is -2.06. The first-order valence-electron chi connectivity index (χ1n) is 6.68. The van der Waals surface area contributed by atoms with E-state index in [1.54, 1.807) is 6.07 Å². The van der Waals surface area contributed by atoms with Gasteiger partial charge in [-0.15, -0.1) is 0 Å². The van der Waals surface area contributed by atoms with E-state index in [-0.39, 0.29) is 5.56 Å². The largest absolute Gasteiger partial charge is 0.465 e. The van der Waals surface area contributed by atoms with E-state index in [1.807, 2.05) is 26.0 Å². The fraction of sp³-hybridized carbons (Fsp3) is 0.235. The normalized spacial score (nSPS) is 10.3. The lowest BCUT2D eigenvalue weighted by atomic mass is 10.1. The Morgan fingerprint density at radius 3 is 2.38 bits per heavy atom. The zero-order valence-electron chi connectivity index (χ0n) is 12.4. The molecule has 0 atom stereocenters. The molecule has 0 bridgehead atoms. The third-order valence-corrected chi connectivity index (χ3v) is 3.16. The van der Waals surface area contributed by atoms with Gasteiger partial charge in [0, 0.05) is 12.2 Å². The van der Waals surface area contributed by atoms with E-state index in [4.69, 9.17) is 0 Å². The van der Waals surface area contributed by atoms with Crippen LogP contribution in [0.4, 0.5) is 10.1 Å². The molecule has 0 aliphatic rings. The van der Waals surface area contributed by atoms with E-state index in [0.29, 0.717) is 6.54 Å². The number of anilines is 1. The Labute approximate surface area is 123 Å². The number of nitrogens with one attached hydrogen (secondary N) is 1. The molecule has 3 nitrogen and oxygen atoms in total. The summed E-state index contributed by atoms with van der Waals surface area (Å²) in [5, 5.41) is 3.25. The fourth-order valence-corrected chi connectivity index (χ4v) is 2.22. The summed E-state index contributed by atoms with van der Waals surface area (Å²) in [6, 6.07) is 10.7. The number of carbonyl (C=O) groups is 1. The van der Waals surface area contributed by atoms with Crippen LogP contribution in [0.15, 0.2) is 36.4 Å². The highest BCUT2D eigenvalue weighted by Crippen LogP contribution is 2.16. The monoisotopic (exact) mass is 287 g/mol. The van der Waals surface area contributed by atoms with Gasteiger partial charge in [-0.25, -0.2) is 9.18 Å². The lowest BCUT2D eigenvalue weighted by molar-refractivity contribution is 0.0595. The first-order chi connectivity index (χ1) is 9.99. The van der Waals surface area contributed by atoms with Gasteiger partial charge in [0.15, 0.2) is 0 Å². The Kier molecular flexibility index (Phi) is 4.58. The number of hydrogen-bond acceptors (Lipinski definition) is 3. The van der Waals surface area contributed by atoms with Gasteiger partial charge in [0.1, 0.15) is 5.82 Å². The van der Waals surface area contributed by atoms with Gasteiger partial charge in [0.2, 0.25) is 0 Å². The zero-order valence-corrected chi connectivity index (χ0v) is 12.4. The molecule has 110 valence electrons. The Morgan fingerprint density at radius 2 is 1.81 bits per heavy atom. The van der Waals surface area contributed by atoms with Gasteiger partial charge >= 0.3 is 5.97 Å². The van der Waals surface area contributed by atoms with Crippen LogP contribution in [0.1, 0.15) is 27.0 Å². The minimum Gasteiger partial charge on any atom is -0.465 e. The molecule has 0 saturated carbocycles.